The van der Waals surface area contributed by atoms with Gasteiger partial charge in [-0.05, 0) is 56.2 Å². The van der Waals surface area contributed by atoms with Crippen molar-refractivity contribution >= 4 is 56.1 Å². The van der Waals surface area contributed by atoms with Crippen LogP contribution in [-0.4, -0.2) is 57.8 Å². The molecule has 0 aliphatic carbocycles. The number of nitriles is 1. The standard InChI is InChI=1S/C30H30N6O3S2/c1-19-7-8-22(32-27(38)20-5-4-6-21(15-20)30(2,3)18-31)16-24(19)39-26-10-9-23-28(35-26)41-29(33-23)34-25(37)17-36-11-13-40-14-12-36/h4-10,15-16H,11-14,17H2,1-3H3,(H,32,38)(H,33,34,37). The summed E-state index contributed by atoms with van der Waals surface area (Å²) in [6.45, 7) is 7.73. The molecule has 2 amide bonds. The number of aryl methyl sites for hydroxylation is 1. The van der Waals surface area contributed by atoms with E-state index in [1.807, 2.05) is 50.7 Å². The largest absolute Gasteiger partial charge is 0.439 e. The number of rotatable bonds is 8. The molecule has 0 spiro atoms. The first-order valence-corrected chi connectivity index (χ1v) is 15.2. The minimum Gasteiger partial charge on any atom is -0.439 e. The number of thioether (sulfide) groups is 1. The molecular weight excluding hydrogens is 557 g/mol. The quantitative estimate of drug-likeness (QED) is 0.265. The highest BCUT2D eigenvalue weighted by Gasteiger charge is 2.21. The van der Waals surface area contributed by atoms with Gasteiger partial charge in [0.2, 0.25) is 11.8 Å². The summed E-state index contributed by atoms with van der Waals surface area (Å²) in [4.78, 5) is 37.4. The summed E-state index contributed by atoms with van der Waals surface area (Å²) in [6.07, 6.45) is 0. The minimum absolute atomic E-state index is 0.0811. The van der Waals surface area contributed by atoms with Crippen LogP contribution >= 0.6 is 23.1 Å². The zero-order valence-corrected chi connectivity index (χ0v) is 24.7. The first kappa shape index (κ1) is 28.5. The second-order valence-corrected chi connectivity index (χ2v) is 12.5. The molecule has 9 nitrogen and oxygen atoms in total. The van der Waals surface area contributed by atoms with Crippen LogP contribution in [0.1, 0.15) is 35.3 Å². The highest BCUT2D eigenvalue weighted by molar-refractivity contribution is 7.99. The average Bonchev–Trinajstić information content (AvgIpc) is 3.36. The third-order valence-electron chi connectivity index (χ3n) is 6.73. The van der Waals surface area contributed by atoms with Crippen molar-refractivity contribution in [1.82, 2.24) is 14.9 Å². The summed E-state index contributed by atoms with van der Waals surface area (Å²) in [5.41, 5.74) is 2.64. The zero-order chi connectivity index (χ0) is 29.0. The molecule has 1 aliphatic heterocycles. The smallest absolute Gasteiger partial charge is 0.255 e. The maximum atomic E-state index is 13.0. The SMILES string of the molecule is Cc1ccc(NC(=O)c2cccc(C(C)(C)C#N)c2)cc1Oc1ccc2nc(NC(=O)CN3CCSCC3)sc2n1. The Hall–Kier alpha value is -3.98. The molecule has 0 saturated carbocycles. The molecule has 1 aliphatic rings. The molecule has 2 aromatic heterocycles. The first-order chi connectivity index (χ1) is 19.7. The lowest BCUT2D eigenvalue weighted by Crippen LogP contribution is -2.38. The topological polar surface area (TPSA) is 120 Å². The molecule has 1 saturated heterocycles. The third kappa shape index (κ3) is 7.03. The van der Waals surface area contributed by atoms with E-state index in [9.17, 15) is 14.9 Å². The van der Waals surface area contributed by atoms with E-state index in [1.165, 1.54) is 11.3 Å². The summed E-state index contributed by atoms with van der Waals surface area (Å²) in [6, 6.07) is 18.3. The van der Waals surface area contributed by atoms with E-state index in [-0.39, 0.29) is 11.8 Å². The average molecular weight is 587 g/mol. The van der Waals surface area contributed by atoms with Crippen molar-refractivity contribution in [2.45, 2.75) is 26.2 Å². The van der Waals surface area contributed by atoms with Gasteiger partial charge in [0.25, 0.3) is 5.91 Å². The van der Waals surface area contributed by atoms with Gasteiger partial charge in [0.15, 0.2) is 5.13 Å². The van der Waals surface area contributed by atoms with Crippen LogP contribution < -0.4 is 15.4 Å². The number of pyridine rings is 1. The molecule has 41 heavy (non-hydrogen) atoms. The lowest BCUT2D eigenvalue weighted by Gasteiger charge is -2.25. The fourth-order valence-electron chi connectivity index (χ4n) is 4.25. The summed E-state index contributed by atoms with van der Waals surface area (Å²) in [7, 11) is 0. The third-order valence-corrected chi connectivity index (χ3v) is 8.56. The van der Waals surface area contributed by atoms with Gasteiger partial charge < -0.3 is 15.4 Å². The molecule has 210 valence electrons. The molecular formula is C30H30N6O3S2. The first-order valence-electron chi connectivity index (χ1n) is 13.2. The van der Waals surface area contributed by atoms with Crippen molar-refractivity contribution in [1.29, 1.82) is 5.26 Å². The predicted octanol–water partition coefficient (Wildman–Crippen LogP) is 5.83. The molecule has 11 heteroatoms. The van der Waals surface area contributed by atoms with Gasteiger partial charge in [0.1, 0.15) is 16.1 Å². The van der Waals surface area contributed by atoms with Gasteiger partial charge in [-0.1, -0.05) is 29.5 Å². The van der Waals surface area contributed by atoms with Gasteiger partial charge in [0.05, 0.1) is 18.0 Å². The molecule has 1 fully saturated rings. The van der Waals surface area contributed by atoms with Crippen molar-refractivity contribution in [3.8, 4) is 17.7 Å². The fraction of sp³-hybridized carbons (Fsp3) is 0.300. The second-order valence-electron chi connectivity index (χ2n) is 10.3. The molecule has 5 rings (SSSR count). The van der Waals surface area contributed by atoms with Gasteiger partial charge in [0, 0.05) is 48.0 Å². The molecule has 0 atom stereocenters. The number of benzene rings is 2. The van der Waals surface area contributed by atoms with Crippen LogP contribution in [0.2, 0.25) is 0 Å². The zero-order valence-electron chi connectivity index (χ0n) is 23.1. The van der Waals surface area contributed by atoms with E-state index in [0.29, 0.717) is 44.9 Å². The van der Waals surface area contributed by atoms with Gasteiger partial charge in [-0.3, -0.25) is 14.5 Å². The summed E-state index contributed by atoms with van der Waals surface area (Å²) in [5.74, 6) is 2.65. The van der Waals surface area contributed by atoms with Crippen molar-refractivity contribution in [3.05, 3.63) is 71.3 Å². The van der Waals surface area contributed by atoms with E-state index < -0.39 is 5.41 Å². The number of hydrogen-bond donors (Lipinski definition) is 2. The van der Waals surface area contributed by atoms with Crippen LogP contribution in [0, 0.1) is 18.3 Å². The number of carbonyl (C=O) groups excluding carboxylic acids is 2. The normalized spacial score (nSPS) is 13.9. The predicted molar refractivity (Wildman–Crippen MR) is 164 cm³/mol. The van der Waals surface area contributed by atoms with E-state index in [2.05, 4.69) is 31.6 Å². The number of fused-ring (bicyclic) bond motifs is 1. The number of anilines is 2. The highest BCUT2D eigenvalue weighted by atomic mass is 32.2. The Morgan fingerprint density at radius 1 is 1.07 bits per heavy atom. The van der Waals surface area contributed by atoms with E-state index in [0.717, 1.165) is 35.7 Å². The van der Waals surface area contributed by atoms with E-state index in [4.69, 9.17) is 4.74 Å². The molecule has 0 radical (unpaired) electrons. The van der Waals surface area contributed by atoms with Gasteiger partial charge >= 0.3 is 0 Å². The maximum Gasteiger partial charge on any atom is 0.255 e. The second kappa shape index (κ2) is 12.3. The molecule has 3 heterocycles. The monoisotopic (exact) mass is 586 g/mol. The van der Waals surface area contributed by atoms with Crippen molar-refractivity contribution in [2.24, 2.45) is 0 Å². The molecule has 4 aromatic rings. The fourth-order valence-corrected chi connectivity index (χ4v) is 6.07. The number of nitrogens with zero attached hydrogens (tertiary/aromatic N) is 4. The van der Waals surface area contributed by atoms with Crippen LogP contribution in [0.4, 0.5) is 10.8 Å². The number of hydrogen-bond acceptors (Lipinski definition) is 9. The Bertz CT molecular complexity index is 1640. The highest BCUT2D eigenvalue weighted by Crippen LogP contribution is 2.31. The van der Waals surface area contributed by atoms with Crippen LogP contribution in [-0.2, 0) is 10.2 Å². The number of amides is 2. The Kier molecular flexibility index (Phi) is 8.54. The van der Waals surface area contributed by atoms with Crippen LogP contribution in [0.5, 0.6) is 11.6 Å². The molecule has 2 aromatic carbocycles. The Balaban J connectivity index is 1.26. The Morgan fingerprint density at radius 2 is 1.88 bits per heavy atom. The van der Waals surface area contributed by atoms with Gasteiger partial charge in [-0.2, -0.15) is 17.0 Å². The maximum absolute atomic E-state index is 13.0. The number of nitrogens with one attached hydrogen (secondary N) is 2. The van der Waals surface area contributed by atoms with E-state index >= 15 is 0 Å². The summed E-state index contributed by atoms with van der Waals surface area (Å²) >= 11 is 3.20. The van der Waals surface area contributed by atoms with Gasteiger partial charge in [-0.15, -0.1) is 0 Å². The van der Waals surface area contributed by atoms with Crippen molar-refractivity contribution in [2.75, 3.05) is 41.8 Å². The lowest BCUT2D eigenvalue weighted by atomic mass is 9.85. The Labute approximate surface area is 246 Å². The molecule has 0 bridgehead atoms. The Morgan fingerprint density at radius 3 is 2.66 bits per heavy atom. The number of ether oxygens (including phenoxy) is 1. The molecule has 2 N–H and O–H groups in total. The van der Waals surface area contributed by atoms with E-state index in [1.54, 1.807) is 36.4 Å². The van der Waals surface area contributed by atoms with Crippen LogP contribution in [0.25, 0.3) is 10.3 Å². The number of thiazole rings is 1. The minimum atomic E-state index is -0.702. The summed E-state index contributed by atoms with van der Waals surface area (Å²) in [5, 5.41) is 15.8. The van der Waals surface area contributed by atoms with Gasteiger partial charge in [-0.25, -0.2) is 9.97 Å². The van der Waals surface area contributed by atoms with Crippen molar-refractivity contribution in [3.63, 3.8) is 0 Å². The van der Waals surface area contributed by atoms with Crippen LogP contribution in [0.3, 0.4) is 0 Å². The summed E-state index contributed by atoms with van der Waals surface area (Å²) < 4.78 is 6.10. The lowest BCUT2D eigenvalue weighted by molar-refractivity contribution is -0.117. The van der Waals surface area contributed by atoms with Crippen molar-refractivity contribution < 1.29 is 14.3 Å². The van der Waals surface area contributed by atoms with Crippen LogP contribution in [0.15, 0.2) is 54.6 Å². The number of carbonyl (C=O) groups is 2. The number of aromatic nitrogens is 2. The molecule has 0 unspecified atom stereocenters.